The van der Waals surface area contributed by atoms with Gasteiger partial charge in [-0.05, 0) is 44.8 Å². The minimum Gasteiger partial charge on any atom is -0.317 e. The average molecular weight is 221 g/mol. The number of unbranched alkanes of at least 4 members (excludes halogenated alkanes) is 2. The molecular formula is C13H23N3. The maximum Gasteiger partial charge on any atom is 0.0656 e. The minimum atomic E-state index is 0.678. The number of aromatic amines is 1. The second-order valence-electron chi connectivity index (χ2n) is 4.80. The Morgan fingerprint density at radius 1 is 1.31 bits per heavy atom. The topological polar surface area (TPSA) is 40.7 Å². The average Bonchev–Trinajstić information content (AvgIpc) is 2.79. The summed E-state index contributed by atoms with van der Waals surface area (Å²) in [5.74, 6) is 0.678. The third-order valence-corrected chi connectivity index (χ3v) is 3.46. The maximum absolute atomic E-state index is 4.47. The molecule has 0 bridgehead atoms. The first-order valence-corrected chi connectivity index (χ1v) is 6.65. The molecule has 0 radical (unpaired) electrons. The summed E-state index contributed by atoms with van der Waals surface area (Å²) in [5.41, 5.74) is 2.61. The number of H-pyrrole nitrogens is 1. The molecule has 0 amide bonds. The summed E-state index contributed by atoms with van der Waals surface area (Å²) in [6, 6.07) is 2.28. The number of aromatic nitrogens is 2. The third kappa shape index (κ3) is 3.08. The Balaban J connectivity index is 1.85. The van der Waals surface area contributed by atoms with Crippen LogP contribution in [0.3, 0.4) is 0 Å². The molecule has 3 nitrogen and oxygen atoms in total. The van der Waals surface area contributed by atoms with Crippen LogP contribution in [0.15, 0.2) is 6.07 Å². The first-order valence-electron chi connectivity index (χ1n) is 6.65. The normalized spacial score (nSPS) is 17.8. The quantitative estimate of drug-likeness (QED) is 0.750. The molecule has 1 aliphatic rings. The molecular weight excluding hydrogens is 198 g/mol. The van der Waals surface area contributed by atoms with Crippen LogP contribution >= 0.6 is 0 Å². The van der Waals surface area contributed by atoms with E-state index in [1.165, 1.54) is 43.5 Å². The highest BCUT2D eigenvalue weighted by atomic mass is 15.1. The van der Waals surface area contributed by atoms with E-state index < -0.39 is 0 Å². The smallest absolute Gasteiger partial charge is 0.0656 e. The molecule has 0 saturated carbocycles. The molecule has 2 N–H and O–H groups in total. The van der Waals surface area contributed by atoms with Crippen LogP contribution in [0.4, 0.5) is 0 Å². The van der Waals surface area contributed by atoms with E-state index in [0.29, 0.717) is 5.92 Å². The zero-order valence-electron chi connectivity index (χ0n) is 10.3. The number of rotatable bonds is 5. The van der Waals surface area contributed by atoms with Crippen molar-refractivity contribution in [3.63, 3.8) is 0 Å². The van der Waals surface area contributed by atoms with Crippen molar-refractivity contribution in [2.75, 3.05) is 13.1 Å². The maximum atomic E-state index is 4.47. The zero-order chi connectivity index (χ0) is 11.2. The minimum absolute atomic E-state index is 0.678. The molecule has 1 aromatic heterocycles. The summed E-state index contributed by atoms with van der Waals surface area (Å²) in [7, 11) is 0. The molecule has 0 atom stereocenters. The van der Waals surface area contributed by atoms with Crippen molar-refractivity contribution in [3.05, 3.63) is 17.5 Å². The van der Waals surface area contributed by atoms with Gasteiger partial charge in [0.2, 0.25) is 0 Å². The van der Waals surface area contributed by atoms with Crippen LogP contribution in [-0.4, -0.2) is 23.3 Å². The summed E-state index contributed by atoms with van der Waals surface area (Å²) >= 11 is 0. The molecule has 3 heteroatoms. The monoisotopic (exact) mass is 221 g/mol. The molecule has 1 aliphatic heterocycles. The second kappa shape index (κ2) is 6.04. The van der Waals surface area contributed by atoms with E-state index in [4.69, 9.17) is 0 Å². The molecule has 1 saturated heterocycles. The van der Waals surface area contributed by atoms with Gasteiger partial charge in [-0.15, -0.1) is 0 Å². The van der Waals surface area contributed by atoms with Crippen molar-refractivity contribution in [3.8, 4) is 0 Å². The predicted molar refractivity (Wildman–Crippen MR) is 66.7 cm³/mol. The van der Waals surface area contributed by atoms with Crippen LogP contribution in [-0.2, 0) is 6.42 Å². The lowest BCUT2D eigenvalue weighted by atomic mass is 9.94. The molecule has 0 aromatic carbocycles. The fourth-order valence-electron chi connectivity index (χ4n) is 2.40. The number of hydrogen-bond acceptors (Lipinski definition) is 2. The summed E-state index contributed by atoms with van der Waals surface area (Å²) < 4.78 is 0. The molecule has 2 rings (SSSR count). The Morgan fingerprint density at radius 2 is 2.12 bits per heavy atom. The van der Waals surface area contributed by atoms with Crippen LogP contribution in [0.2, 0.25) is 0 Å². The van der Waals surface area contributed by atoms with E-state index in [9.17, 15) is 0 Å². The third-order valence-electron chi connectivity index (χ3n) is 3.46. The van der Waals surface area contributed by atoms with Gasteiger partial charge in [-0.1, -0.05) is 19.8 Å². The van der Waals surface area contributed by atoms with E-state index >= 15 is 0 Å². The van der Waals surface area contributed by atoms with E-state index in [1.807, 2.05) is 0 Å². The largest absolute Gasteiger partial charge is 0.317 e. The van der Waals surface area contributed by atoms with E-state index in [-0.39, 0.29) is 0 Å². The van der Waals surface area contributed by atoms with Crippen molar-refractivity contribution in [2.45, 2.75) is 51.4 Å². The lowest BCUT2D eigenvalue weighted by Gasteiger charge is -2.20. The molecule has 90 valence electrons. The Kier molecular flexibility index (Phi) is 4.40. The molecule has 0 unspecified atom stereocenters. The lowest BCUT2D eigenvalue weighted by Crippen LogP contribution is -2.26. The van der Waals surface area contributed by atoms with Gasteiger partial charge >= 0.3 is 0 Å². The Morgan fingerprint density at radius 3 is 2.88 bits per heavy atom. The Hall–Kier alpha value is -0.830. The van der Waals surface area contributed by atoms with Gasteiger partial charge in [-0.25, -0.2) is 0 Å². The highest BCUT2D eigenvalue weighted by Gasteiger charge is 2.17. The first-order chi connectivity index (χ1) is 7.90. The van der Waals surface area contributed by atoms with Crippen molar-refractivity contribution in [1.29, 1.82) is 0 Å². The SMILES string of the molecule is CCCCCc1cc(C2CCNCC2)n[nH]1. The van der Waals surface area contributed by atoms with Crippen LogP contribution < -0.4 is 5.32 Å². The number of nitrogens with one attached hydrogen (secondary N) is 2. The van der Waals surface area contributed by atoms with E-state index in [2.05, 4.69) is 28.5 Å². The van der Waals surface area contributed by atoms with Crippen LogP contribution in [0.1, 0.15) is 56.3 Å². The van der Waals surface area contributed by atoms with Crippen molar-refractivity contribution >= 4 is 0 Å². The fourth-order valence-corrected chi connectivity index (χ4v) is 2.40. The van der Waals surface area contributed by atoms with Gasteiger partial charge in [-0.2, -0.15) is 5.10 Å². The predicted octanol–water partition coefficient (Wildman–Crippen LogP) is 2.61. The van der Waals surface area contributed by atoms with E-state index in [0.717, 1.165) is 19.5 Å². The molecule has 0 aliphatic carbocycles. The van der Waals surface area contributed by atoms with Crippen LogP contribution in [0, 0.1) is 0 Å². The van der Waals surface area contributed by atoms with Gasteiger partial charge in [0.1, 0.15) is 0 Å². The first kappa shape index (κ1) is 11.6. The van der Waals surface area contributed by atoms with Gasteiger partial charge in [-0.3, -0.25) is 5.10 Å². The number of aryl methyl sites for hydroxylation is 1. The number of hydrogen-bond donors (Lipinski definition) is 2. The van der Waals surface area contributed by atoms with Crippen LogP contribution in [0.25, 0.3) is 0 Å². The molecule has 0 spiro atoms. The van der Waals surface area contributed by atoms with Gasteiger partial charge in [0, 0.05) is 11.6 Å². The highest BCUT2D eigenvalue weighted by molar-refractivity contribution is 5.14. The highest BCUT2D eigenvalue weighted by Crippen LogP contribution is 2.24. The van der Waals surface area contributed by atoms with Crippen molar-refractivity contribution < 1.29 is 0 Å². The van der Waals surface area contributed by atoms with Gasteiger partial charge in [0.05, 0.1) is 5.69 Å². The molecule has 16 heavy (non-hydrogen) atoms. The summed E-state index contributed by atoms with van der Waals surface area (Å²) in [4.78, 5) is 0. The lowest BCUT2D eigenvalue weighted by molar-refractivity contribution is 0.453. The molecule has 1 aromatic rings. The number of piperidine rings is 1. The van der Waals surface area contributed by atoms with Crippen molar-refractivity contribution in [1.82, 2.24) is 15.5 Å². The number of nitrogens with zero attached hydrogens (tertiary/aromatic N) is 1. The van der Waals surface area contributed by atoms with Crippen LogP contribution in [0.5, 0.6) is 0 Å². The van der Waals surface area contributed by atoms with Gasteiger partial charge < -0.3 is 5.32 Å². The molecule has 2 heterocycles. The summed E-state index contributed by atoms with van der Waals surface area (Å²) in [6.07, 6.45) is 7.52. The zero-order valence-corrected chi connectivity index (χ0v) is 10.3. The van der Waals surface area contributed by atoms with E-state index in [1.54, 1.807) is 0 Å². The van der Waals surface area contributed by atoms with Gasteiger partial charge in [0.15, 0.2) is 0 Å². The standard InChI is InChI=1S/C13H23N3/c1-2-3-4-5-12-10-13(16-15-12)11-6-8-14-9-7-11/h10-11,14H,2-9H2,1H3,(H,15,16). The summed E-state index contributed by atoms with van der Waals surface area (Å²) in [6.45, 7) is 4.53. The van der Waals surface area contributed by atoms with Crippen molar-refractivity contribution in [2.24, 2.45) is 0 Å². The Labute approximate surface area is 98.0 Å². The Bertz CT molecular complexity index is 300. The second-order valence-corrected chi connectivity index (χ2v) is 4.80. The van der Waals surface area contributed by atoms with Gasteiger partial charge in [0.25, 0.3) is 0 Å². The molecule has 1 fully saturated rings. The summed E-state index contributed by atoms with van der Waals surface area (Å²) in [5, 5.41) is 11.1. The fraction of sp³-hybridized carbons (Fsp3) is 0.769.